The van der Waals surface area contributed by atoms with Crippen LogP contribution < -0.4 is 5.73 Å². The predicted molar refractivity (Wildman–Crippen MR) is 145 cm³/mol. The summed E-state index contributed by atoms with van der Waals surface area (Å²) in [5.74, 6) is 0. The second-order valence-electron chi connectivity index (χ2n) is 10.2. The summed E-state index contributed by atoms with van der Waals surface area (Å²) in [6.07, 6.45) is 10.4. The van der Waals surface area contributed by atoms with Crippen molar-refractivity contribution >= 4 is 24.3 Å². The molecule has 0 amide bonds. The molecule has 0 atom stereocenters. The third-order valence-corrected chi connectivity index (χ3v) is 6.87. The third kappa shape index (κ3) is 5.98. The first-order valence-corrected chi connectivity index (χ1v) is 12.2. The molecule has 1 aliphatic heterocycles. The van der Waals surface area contributed by atoms with E-state index in [0.29, 0.717) is 17.7 Å². The Morgan fingerprint density at radius 2 is 1.97 bits per heavy atom. The van der Waals surface area contributed by atoms with Gasteiger partial charge in [0, 0.05) is 56.2 Å². The second kappa shape index (κ2) is 10.4. The fraction of sp³-hybridized carbons (Fsp3) is 0.393. The van der Waals surface area contributed by atoms with Gasteiger partial charge in [0.1, 0.15) is 5.65 Å². The van der Waals surface area contributed by atoms with E-state index in [4.69, 9.17) is 10.7 Å². The van der Waals surface area contributed by atoms with Gasteiger partial charge < -0.3 is 10.1 Å². The highest BCUT2D eigenvalue weighted by Crippen LogP contribution is 2.30. The van der Waals surface area contributed by atoms with E-state index in [2.05, 4.69) is 64.5 Å². The van der Waals surface area contributed by atoms with Gasteiger partial charge in [-0.2, -0.15) is 5.10 Å². The van der Waals surface area contributed by atoms with Crippen LogP contribution in [0.2, 0.25) is 0 Å². The largest absolute Gasteiger partial charge is 0.397 e. The standard InChI is InChI=1S/C28H37N7/c1-21-7-6-8-24(25(21)15-30-4)26(29)20-35(31-5)19-23-18-34-17-22(9-10-27(34)32-23)16-33-13-11-28(2,3)12-14-33/h6-10,15,17-18,20H,5,11-14,16,19,29H2,1-4H3/b26-20-,30-15-. The Morgan fingerprint density at radius 3 is 2.69 bits per heavy atom. The van der Waals surface area contributed by atoms with Gasteiger partial charge >= 0.3 is 0 Å². The number of hydrazone groups is 1. The molecule has 0 aliphatic carbocycles. The monoisotopic (exact) mass is 471 g/mol. The zero-order valence-corrected chi connectivity index (χ0v) is 21.4. The molecule has 2 aromatic heterocycles. The number of aromatic nitrogens is 2. The van der Waals surface area contributed by atoms with E-state index < -0.39 is 0 Å². The number of hydrogen-bond acceptors (Lipinski definition) is 6. The van der Waals surface area contributed by atoms with Crippen molar-refractivity contribution in [2.24, 2.45) is 21.2 Å². The molecular weight excluding hydrogens is 434 g/mol. The maximum Gasteiger partial charge on any atom is 0.137 e. The summed E-state index contributed by atoms with van der Waals surface area (Å²) in [7, 11) is 1.76. The zero-order chi connectivity index (χ0) is 25.0. The van der Waals surface area contributed by atoms with Crippen molar-refractivity contribution in [3.63, 3.8) is 0 Å². The number of benzene rings is 1. The summed E-state index contributed by atoms with van der Waals surface area (Å²) in [6.45, 7) is 14.3. The minimum Gasteiger partial charge on any atom is -0.397 e. The molecule has 7 nitrogen and oxygen atoms in total. The zero-order valence-electron chi connectivity index (χ0n) is 21.4. The van der Waals surface area contributed by atoms with Crippen LogP contribution in [0, 0.1) is 12.3 Å². The van der Waals surface area contributed by atoms with Crippen LogP contribution in [0.4, 0.5) is 0 Å². The number of pyridine rings is 1. The lowest BCUT2D eigenvalue weighted by molar-refractivity contribution is 0.127. The smallest absolute Gasteiger partial charge is 0.137 e. The lowest BCUT2D eigenvalue weighted by Crippen LogP contribution is -2.36. The van der Waals surface area contributed by atoms with E-state index in [-0.39, 0.29) is 0 Å². The Morgan fingerprint density at radius 1 is 1.20 bits per heavy atom. The van der Waals surface area contributed by atoms with Gasteiger partial charge in [-0.25, -0.2) is 4.98 Å². The van der Waals surface area contributed by atoms with Gasteiger partial charge in [0.15, 0.2) is 0 Å². The van der Waals surface area contributed by atoms with Gasteiger partial charge in [0.25, 0.3) is 0 Å². The van der Waals surface area contributed by atoms with Crippen LogP contribution in [-0.2, 0) is 13.1 Å². The summed E-state index contributed by atoms with van der Waals surface area (Å²) in [4.78, 5) is 11.5. The van der Waals surface area contributed by atoms with Crippen LogP contribution in [0.25, 0.3) is 11.3 Å². The number of fused-ring (bicyclic) bond motifs is 1. The molecule has 1 aliphatic rings. The Kier molecular flexibility index (Phi) is 7.36. The van der Waals surface area contributed by atoms with Crippen molar-refractivity contribution in [1.82, 2.24) is 19.3 Å². The highest BCUT2D eigenvalue weighted by Gasteiger charge is 2.25. The van der Waals surface area contributed by atoms with Crippen molar-refractivity contribution in [3.8, 4) is 0 Å². The topological polar surface area (TPSA) is 74.5 Å². The van der Waals surface area contributed by atoms with E-state index in [1.165, 1.54) is 18.4 Å². The van der Waals surface area contributed by atoms with Crippen LogP contribution in [-0.4, -0.2) is 52.4 Å². The third-order valence-electron chi connectivity index (χ3n) is 6.87. The average Bonchev–Trinajstić information content (AvgIpc) is 3.23. The van der Waals surface area contributed by atoms with Gasteiger partial charge in [0.05, 0.1) is 17.9 Å². The van der Waals surface area contributed by atoms with Gasteiger partial charge in [0.2, 0.25) is 0 Å². The molecule has 0 spiro atoms. The maximum atomic E-state index is 6.47. The molecule has 35 heavy (non-hydrogen) atoms. The molecule has 4 rings (SSSR count). The Hall–Kier alpha value is -3.45. The number of hydrogen-bond donors (Lipinski definition) is 1. The second-order valence-corrected chi connectivity index (χ2v) is 10.2. The summed E-state index contributed by atoms with van der Waals surface area (Å²) in [5, 5.41) is 5.89. The number of imidazole rings is 1. The van der Waals surface area contributed by atoms with Gasteiger partial charge in [-0.05, 0) is 55.5 Å². The average molecular weight is 472 g/mol. The van der Waals surface area contributed by atoms with Gasteiger partial charge in [-0.1, -0.05) is 38.1 Å². The number of aliphatic imine (C=N–C) groups is 1. The number of piperidine rings is 1. The summed E-state index contributed by atoms with van der Waals surface area (Å²) < 4.78 is 2.10. The Labute approximate surface area is 208 Å². The summed E-state index contributed by atoms with van der Waals surface area (Å²) in [5.41, 5.74) is 13.7. The highest BCUT2D eigenvalue weighted by atomic mass is 15.4. The minimum absolute atomic E-state index is 0.465. The van der Waals surface area contributed by atoms with Crippen molar-refractivity contribution in [3.05, 3.63) is 76.9 Å². The van der Waals surface area contributed by atoms with Crippen molar-refractivity contribution in [2.75, 3.05) is 20.1 Å². The Bertz CT molecular complexity index is 1240. The maximum absolute atomic E-state index is 6.47. The van der Waals surface area contributed by atoms with Crippen LogP contribution in [0.5, 0.6) is 0 Å². The molecule has 2 N–H and O–H groups in total. The number of aryl methyl sites for hydroxylation is 1. The Balaban J connectivity index is 1.48. The van der Waals surface area contributed by atoms with Crippen molar-refractivity contribution in [2.45, 2.75) is 46.7 Å². The van der Waals surface area contributed by atoms with E-state index in [9.17, 15) is 0 Å². The molecule has 3 aromatic rings. The fourth-order valence-electron chi connectivity index (χ4n) is 4.60. The first-order chi connectivity index (χ1) is 16.8. The predicted octanol–water partition coefficient (Wildman–Crippen LogP) is 4.69. The van der Waals surface area contributed by atoms with Crippen LogP contribution >= 0.6 is 0 Å². The first-order valence-electron chi connectivity index (χ1n) is 12.2. The highest BCUT2D eigenvalue weighted by molar-refractivity contribution is 5.89. The molecule has 0 unspecified atom stereocenters. The summed E-state index contributed by atoms with van der Waals surface area (Å²) >= 11 is 0. The lowest BCUT2D eigenvalue weighted by Gasteiger charge is -2.36. The van der Waals surface area contributed by atoms with Crippen LogP contribution in [0.1, 0.15) is 54.6 Å². The lowest BCUT2D eigenvalue weighted by atomic mass is 9.82. The van der Waals surface area contributed by atoms with Crippen molar-refractivity contribution < 1.29 is 0 Å². The number of nitrogens with zero attached hydrogens (tertiary/aromatic N) is 6. The van der Waals surface area contributed by atoms with E-state index in [1.807, 2.05) is 37.5 Å². The van der Waals surface area contributed by atoms with E-state index >= 15 is 0 Å². The molecule has 3 heterocycles. The normalized spacial score (nSPS) is 16.7. The number of likely N-dealkylation sites (tertiary alicyclic amines) is 1. The molecular formula is C28H37N7. The fourth-order valence-corrected chi connectivity index (χ4v) is 4.60. The molecule has 0 saturated carbocycles. The number of rotatable bonds is 8. The summed E-state index contributed by atoms with van der Waals surface area (Å²) in [6, 6.07) is 10.3. The van der Waals surface area contributed by atoms with Gasteiger partial charge in [-0.3, -0.25) is 14.9 Å². The van der Waals surface area contributed by atoms with E-state index in [1.54, 1.807) is 12.1 Å². The van der Waals surface area contributed by atoms with Crippen LogP contribution in [0.15, 0.2) is 59.0 Å². The molecule has 1 aromatic carbocycles. The van der Waals surface area contributed by atoms with E-state index in [0.717, 1.165) is 47.7 Å². The minimum atomic E-state index is 0.465. The molecule has 1 fully saturated rings. The van der Waals surface area contributed by atoms with Crippen molar-refractivity contribution in [1.29, 1.82) is 0 Å². The molecule has 7 heteroatoms. The SMILES string of the molecule is C=NN(/C=C(\N)c1cccc(C)c1/C=N\C)Cc1cn2cc(CN3CCC(C)(C)CC3)ccc2n1. The molecule has 0 bridgehead atoms. The molecule has 184 valence electrons. The quantitative estimate of drug-likeness (QED) is 0.382. The number of nitrogens with two attached hydrogens (primary N) is 1. The molecule has 1 saturated heterocycles. The van der Waals surface area contributed by atoms with Crippen LogP contribution in [0.3, 0.4) is 0 Å². The molecule has 0 radical (unpaired) electrons. The first kappa shape index (κ1) is 24.7. The van der Waals surface area contributed by atoms with Gasteiger partial charge in [-0.15, -0.1) is 0 Å².